The first kappa shape index (κ1) is 59.5. The number of likely N-dealkylation sites (tertiary alicyclic amines) is 1. The molecule has 0 spiro atoms. The summed E-state index contributed by atoms with van der Waals surface area (Å²) in [6.07, 6.45) is -0.339. The zero-order valence-electron chi connectivity index (χ0n) is 41.7. The van der Waals surface area contributed by atoms with Gasteiger partial charge in [-0.2, -0.15) is 0 Å². The molecule has 0 radical (unpaired) electrons. The largest absolute Gasteiger partial charge is 0.508 e. The number of hydrogen-bond donors (Lipinski definition) is 12. The molecule has 0 unspecified atom stereocenters. The predicted octanol–water partition coefficient (Wildman–Crippen LogP) is -1.57. The lowest BCUT2D eigenvalue weighted by Gasteiger charge is -2.32. The standard InChI is InChI=1S/C48H68N12O12S2/c1-26(2)39-45(71)57-33(22-36(49)62)42(68)58-34(46(72)60-19-9-13-35(60)44(70)55-30(12-8-18-52-47(50)51)40(66)53-24-38(64)65)25-73-74-48(3,4)23-37(63)54-31(21-28-14-16-29(61)17-15-28)41(67)56-32(43(69)59-39)20-27-10-6-5-7-11-27/h5-7,10-11,14-17,26,30-35,39,61H,8-9,12-13,18-25H2,1-4H3,(H2,49,62)(H,53,66)(H,54,63)(H,55,70)(H,56,67)(H,57,71)(H,58,68)(H,59,69)(H,64,65)(H4,50,51,52)/t30-,31+,32-,33-,34-,35+,39-/m0/s1. The average Bonchev–Trinajstić information content (AvgIpc) is 3.82. The Morgan fingerprint density at radius 3 is 2.05 bits per heavy atom. The molecule has 0 saturated carbocycles. The molecule has 404 valence electrons. The molecule has 0 aliphatic carbocycles. The molecule has 0 bridgehead atoms. The number of rotatable bonds is 17. The van der Waals surface area contributed by atoms with Crippen LogP contribution in [0.2, 0.25) is 0 Å². The van der Waals surface area contributed by atoms with Crippen molar-refractivity contribution in [3.8, 4) is 5.75 Å². The summed E-state index contributed by atoms with van der Waals surface area (Å²) < 4.78 is -0.912. The molecule has 2 aromatic rings. The van der Waals surface area contributed by atoms with E-state index in [0.717, 1.165) is 10.8 Å². The number of nitrogens with zero attached hydrogens (tertiary/aromatic N) is 2. The Labute approximate surface area is 436 Å². The number of guanidine groups is 1. The summed E-state index contributed by atoms with van der Waals surface area (Å²) in [5.41, 5.74) is 17.6. The maximum atomic E-state index is 14.7. The molecular formula is C48H68N12O12S2. The number of aromatic hydroxyl groups is 1. The second-order valence-electron chi connectivity index (χ2n) is 18.9. The third kappa shape index (κ3) is 19.4. The lowest BCUT2D eigenvalue weighted by atomic mass is 9.99. The number of aliphatic imine (C=N–C) groups is 1. The predicted molar refractivity (Wildman–Crippen MR) is 276 cm³/mol. The molecule has 2 saturated heterocycles. The minimum Gasteiger partial charge on any atom is -0.508 e. The van der Waals surface area contributed by atoms with Gasteiger partial charge in [-0.3, -0.25) is 52.9 Å². The molecular weight excluding hydrogens is 1000 g/mol. The van der Waals surface area contributed by atoms with Crippen LogP contribution in [0.25, 0.3) is 0 Å². The van der Waals surface area contributed by atoms with Gasteiger partial charge in [0.25, 0.3) is 0 Å². The Morgan fingerprint density at radius 2 is 1.43 bits per heavy atom. The van der Waals surface area contributed by atoms with E-state index in [1.807, 2.05) is 0 Å². The van der Waals surface area contributed by atoms with E-state index in [1.165, 1.54) is 27.8 Å². The van der Waals surface area contributed by atoms with Crippen LogP contribution in [0.4, 0.5) is 0 Å². The van der Waals surface area contributed by atoms with Crippen molar-refractivity contribution in [1.29, 1.82) is 0 Å². The van der Waals surface area contributed by atoms with E-state index in [0.29, 0.717) is 17.5 Å². The number of primary amides is 1. The molecule has 74 heavy (non-hydrogen) atoms. The van der Waals surface area contributed by atoms with Crippen molar-refractivity contribution in [3.63, 3.8) is 0 Å². The number of carbonyl (C=O) groups excluding carboxylic acids is 9. The summed E-state index contributed by atoms with van der Waals surface area (Å²) in [4.78, 5) is 142. The lowest BCUT2D eigenvalue weighted by Crippen LogP contribution is -2.61. The second kappa shape index (κ2) is 28.4. The molecule has 2 fully saturated rings. The van der Waals surface area contributed by atoms with Gasteiger partial charge < -0.3 is 69.5 Å². The van der Waals surface area contributed by atoms with Crippen molar-refractivity contribution >= 4 is 86.7 Å². The van der Waals surface area contributed by atoms with Gasteiger partial charge in [-0.1, -0.05) is 77.9 Å². The van der Waals surface area contributed by atoms with Crippen molar-refractivity contribution in [2.24, 2.45) is 28.1 Å². The van der Waals surface area contributed by atoms with Crippen molar-refractivity contribution in [2.75, 3.05) is 25.4 Å². The molecule has 26 heteroatoms. The number of carboxylic acids is 1. The van der Waals surface area contributed by atoms with Crippen LogP contribution in [0, 0.1) is 5.92 Å². The van der Waals surface area contributed by atoms with E-state index >= 15 is 0 Å². The fourth-order valence-electron chi connectivity index (χ4n) is 8.07. The number of amides is 9. The minimum absolute atomic E-state index is 0.0101. The summed E-state index contributed by atoms with van der Waals surface area (Å²) in [7, 11) is 2.27. The van der Waals surface area contributed by atoms with Crippen LogP contribution in [-0.4, -0.2) is 153 Å². The zero-order chi connectivity index (χ0) is 54.7. The first-order valence-corrected chi connectivity index (χ1v) is 26.3. The molecule has 7 atom stereocenters. The maximum absolute atomic E-state index is 14.7. The maximum Gasteiger partial charge on any atom is 0.322 e. The highest BCUT2D eigenvalue weighted by Crippen LogP contribution is 2.39. The Balaban J connectivity index is 1.71. The molecule has 9 amide bonds. The van der Waals surface area contributed by atoms with Gasteiger partial charge in [0.05, 0.1) is 6.42 Å². The summed E-state index contributed by atoms with van der Waals surface area (Å²) >= 11 is 0. The van der Waals surface area contributed by atoms with Gasteiger partial charge in [-0.05, 0) is 68.7 Å². The third-order valence-corrected chi connectivity index (χ3v) is 15.1. The molecule has 24 nitrogen and oxygen atoms in total. The number of carboxylic acid groups (broad SMARTS) is 1. The molecule has 2 aliphatic rings. The van der Waals surface area contributed by atoms with E-state index in [-0.39, 0.29) is 69.1 Å². The van der Waals surface area contributed by atoms with E-state index in [1.54, 1.807) is 70.2 Å². The highest BCUT2D eigenvalue weighted by molar-refractivity contribution is 8.77. The van der Waals surface area contributed by atoms with Gasteiger partial charge in [0.1, 0.15) is 54.6 Å². The van der Waals surface area contributed by atoms with Crippen LogP contribution in [0.15, 0.2) is 59.6 Å². The average molecular weight is 1070 g/mol. The zero-order valence-corrected chi connectivity index (χ0v) is 43.4. The number of aliphatic carboxylic acids is 1. The van der Waals surface area contributed by atoms with Gasteiger partial charge in [0, 0.05) is 42.9 Å². The molecule has 4 rings (SSSR count). The quantitative estimate of drug-likeness (QED) is 0.0368. The fraction of sp³-hybridized carbons (Fsp3) is 0.521. The third-order valence-electron chi connectivity index (χ3n) is 11.8. The van der Waals surface area contributed by atoms with Crippen LogP contribution in [0.1, 0.15) is 77.3 Å². The van der Waals surface area contributed by atoms with E-state index in [2.05, 4.69) is 42.2 Å². The fourth-order valence-corrected chi connectivity index (χ4v) is 10.8. The number of phenols is 1. The number of phenolic OH excluding ortho intramolecular Hbond substituents is 1. The first-order valence-electron chi connectivity index (χ1n) is 24.0. The van der Waals surface area contributed by atoms with Gasteiger partial charge >= 0.3 is 5.97 Å². The van der Waals surface area contributed by atoms with E-state index in [4.69, 9.17) is 22.3 Å². The minimum atomic E-state index is -1.68. The normalized spacial score (nSPS) is 22.6. The monoisotopic (exact) mass is 1070 g/mol. The Kier molecular flexibility index (Phi) is 22.8. The molecule has 2 aromatic carbocycles. The highest BCUT2D eigenvalue weighted by atomic mass is 33.1. The van der Waals surface area contributed by atoms with Gasteiger partial charge in [-0.15, -0.1) is 0 Å². The van der Waals surface area contributed by atoms with Crippen LogP contribution in [-0.2, 0) is 60.8 Å². The summed E-state index contributed by atoms with van der Waals surface area (Å²) in [5, 5.41) is 37.4. The van der Waals surface area contributed by atoms with E-state index < -0.39 is 125 Å². The summed E-state index contributed by atoms with van der Waals surface area (Å²) in [5.74, 6) is -9.66. The Hall–Kier alpha value is -7.09. The molecule has 2 heterocycles. The molecule has 0 aromatic heterocycles. The van der Waals surface area contributed by atoms with Crippen molar-refractivity contribution in [1.82, 2.24) is 42.1 Å². The van der Waals surface area contributed by atoms with Crippen molar-refractivity contribution in [2.45, 2.75) is 126 Å². The second-order valence-corrected chi connectivity index (χ2v) is 21.9. The summed E-state index contributed by atoms with van der Waals surface area (Å²) in [6.45, 7) is 6.11. The van der Waals surface area contributed by atoms with Gasteiger partial charge in [-0.25, -0.2) is 0 Å². The smallest absolute Gasteiger partial charge is 0.322 e. The lowest BCUT2D eigenvalue weighted by molar-refractivity contribution is -0.142. The van der Waals surface area contributed by atoms with Gasteiger partial charge in [0.15, 0.2) is 5.96 Å². The van der Waals surface area contributed by atoms with Crippen LogP contribution in [0.3, 0.4) is 0 Å². The Bertz CT molecular complexity index is 2370. The number of carbonyl (C=O) groups is 10. The van der Waals surface area contributed by atoms with E-state index in [9.17, 15) is 53.1 Å². The van der Waals surface area contributed by atoms with Crippen molar-refractivity contribution < 1.29 is 58.2 Å². The molecule has 2 aliphatic heterocycles. The molecule has 15 N–H and O–H groups in total. The van der Waals surface area contributed by atoms with Crippen LogP contribution < -0.4 is 54.4 Å². The van der Waals surface area contributed by atoms with Gasteiger partial charge in [0.2, 0.25) is 53.2 Å². The Morgan fingerprint density at radius 1 is 0.824 bits per heavy atom. The van der Waals surface area contributed by atoms with Crippen LogP contribution in [0.5, 0.6) is 5.75 Å². The summed E-state index contributed by atoms with van der Waals surface area (Å²) in [6, 6.07) is 5.30. The SMILES string of the molecule is CC(C)[C@@H]1NC(=O)[C@H](Cc2ccccc2)NC(=O)[C@@H](Cc2ccc(O)cc2)NC(=O)CC(C)(C)SSC[C@@H](C(=O)N2CCC[C@@H]2C(=O)N[C@@H](CCCN=C(N)N)C(=O)NCC(=O)O)NC(=O)[C@H](CC(N)=O)NC1=O. The first-order chi connectivity index (χ1) is 34.9. The van der Waals surface area contributed by atoms with Crippen molar-refractivity contribution in [3.05, 3.63) is 65.7 Å². The topological polar surface area (TPSA) is 389 Å². The highest BCUT2D eigenvalue weighted by Gasteiger charge is 2.41. The number of nitrogens with two attached hydrogens (primary N) is 3. The number of benzene rings is 2. The number of hydrogen-bond acceptors (Lipinski definition) is 14. The number of nitrogens with one attached hydrogen (secondary N) is 7. The van der Waals surface area contributed by atoms with Crippen LogP contribution >= 0.6 is 21.6 Å².